The molecule has 6 nitrogen and oxygen atoms in total. The Balaban J connectivity index is 1.28. The Labute approximate surface area is 192 Å². The van der Waals surface area contributed by atoms with Crippen molar-refractivity contribution < 1.29 is 4.79 Å². The molecular formula is C23H28ClN5OS. The molecule has 164 valence electrons. The van der Waals surface area contributed by atoms with E-state index in [9.17, 15) is 4.79 Å². The van der Waals surface area contributed by atoms with Crippen LogP contribution in [0.4, 0.5) is 5.82 Å². The molecule has 1 aromatic carbocycles. The number of hydrogen-bond donors (Lipinski definition) is 1. The lowest BCUT2D eigenvalue weighted by atomic mass is 9.89. The lowest BCUT2D eigenvalue weighted by Gasteiger charge is -2.38. The van der Waals surface area contributed by atoms with E-state index in [1.54, 1.807) is 6.33 Å². The normalized spacial score (nSPS) is 22.9. The van der Waals surface area contributed by atoms with E-state index >= 15 is 0 Å². The zero-order valence-corrected chi connectivity index (χ0v) is 19.3. The van der Waals surface area contributed by atoms with Crippen molar-refractivity contribution in [2.45, 2.75) is 42.7 Å². The van der Waals surface area contributed by atoms with Crippen LogP contribution < -0.4 is 10.6 Å². The second-order valence-corrected chi connectivity index (χ2v) is 10.7. The minimum Gasteiger partial charge on any atom is -0.353 e. The molecule has 3 heterocycles. The maximum Gasteiger partial charge on any atom is 0.227 e. The Hall–Kier alpha value is -1.83. The largest absolute Gasteiger partial charge is 0.353 e. The van der Waals surface area contributed by atoms with Gasteiger partial charge in [0.1, 0.15) is 12.1 Å². The summed E-state index contributed by atoms with van der Waals surface area (Å²) in [6, 6.07) is 7.77. The van der Waals surface area contributed by atoms with Crippen LogP contribution in [0.25, 0.3) is 0 Å². The van der Waals surface area contributed by atoms with Gasteiger partial charge in [0.05, 0.1) is 11.6 Å². The van der Waals surface area contributed by atoms with E-state index in [0.29, 0.717) is 29.8 Å². The van der Waals surface area contributed by atoms with E-state index < -0.39 is 0 Å². The molecular weight excluding hydrogens is 430 g/mol. The Morgan fingerprint density at radius 3 is 2.61 bits per heavy atom. The van der Waals surface area contributed by atoms with E-state index in [1.165, 1.54) is 5.56 Å². The molecule has 1 aromatic heterocycles. The van der Waals surface area contributed by atoms with Crippen molar-refractivity contribution in [3.8, 4) is 0 Å². The predicted octanol–water partition coefficient (Wildman–Crippen LogP) is 3.44. The van der Waals surface area contributed by atoms with E-state index in [0.717, 1.165) is 48.8 Å². The van der Waals surface area contributed by atoms with E-state index in [1.807, 2.05) is 40.9 Å². The first kappa shape index (κ1) is 21.0. The lowest BCUT2D eigenvalue weighted by Crippen LogP contribution is -2.54. The molecule has 3 aliphatic rings. The molecule has 2 aromatic rings. The number of nitrogens with zero attached hydrogens (tertiary/aromatic N) is 4. The van der Waals surface area contributed by atoms with Gasteiger partial charge in [-0.1, -0.05) is 23.7 Å². The summed E-state index contributed by atoms with van der Waals surface area (Å²) in [7, 11) is 0. The van der Waals surface area contributed by atoms with Crippen LogP contribution in [0.5, 0.6) is 0 Å². The quantitative estimate of drug-likeness (QED) is 0.741. The predicted molar refractivity (Wildman–Crippen MR) is 125 cm³/mol. The van der Waals surface area contributed by atoms with Gasteiger partial charge in [-0.3, -0.25) is 4.79 Å². The number of anilines is 1. The molecule has 0 spiro atoms. The first-order chi connectivity index (χ1) is 14.9. The molecule has 5 rings (SSSR count). The Bertz CT molecular complexity index is 972. The fourth-order valence-electron chi connectivity index (χ4n) is 4.74. The van der Waals surface area contributed by atoms with Crippen LogP contribution in [0.3, 0.4) is 0 Å². The minimum absolute atomic E-state index is 0.181. The molecule has 0 radical (unpaired) electrons. The van der Waals surface area contributed by atoms with E-state index in [2.05, 4.69) is 21.8 Å². The first-order valence-corrected chi connectivity index (χ1v) is 12.4. The summed E-state index contributed by atoms with van der Waals surface area (Å²) >= 11 is 7.94. The van der Waals surface area contributed by atoms with Crippen LogP contribution in [-0.2, 0) is 17.0 Å². The molecule has 2 fully saturated rings. The maximum atomic E-state index is 13.5. The van der Waals surface area contributed by atoms with Gasteiger partial charge >= 0.3 is 0 Å². The number of thioether (sulfide) groups is 1. The number of piperazine rings is 1. The molecule has 1 saturated carbocycles. The molecule has 1 aliphatic carbocycles. The summed E-state index contributed by atoms with van der Waals surface area (Å²) in [4.78, 5) is 26.9. The molecule has 31 heavy (non-hydrogen) atoms. The maximum absolute atomic E-state index is 13.5. The molecule has 2 atom stereocenters. The van der Waals surface area contributed by atoms with E-state index in [-0.39, 0.29) is 17.4 Å². The summed E-state index contributed by atoms with van der Waals surface area (Å²) in [6.45, 7) is 5.20. The van der Waals surface area contributed by atoms with Crippen LogP contribution in [-0.4, -0.2) is 52.5 Å². The van der Waals surface area contributed by atoms with Crippen molar-refractivity contribution in [2.75, 3.05) is 31.1 Å². The van der Waals surface area contributed by atoms with E-state index in [4.69, 9.17) is 17.3 Å². The van der Waals surface area contributed by atoms with Crippen LogP contribution >= 0.6 is 23.4 Å². The smallest absolute Gasteiger partial charge is 0.227 e. The summed E-state index contributed by atoms with van der Waals surface area (Å²) in [5, 5.41) is 1.13. The number of aromatic nitrogens is 2. The van der Waals surface area contributed by atoms with Gasteiger partial charge in [-0.15, -0.1) is 11.8 Å². The number of amides is 1. The molecule has 2 N–H and O–H groups in total. The van der Waals surface area contributed by atoms with Crippen LogP contribution in [0.1, 0.15) is 41.8 Å². The lowest BCUT2D eigenvalue weighted by molar-refractivity contribution is -0.136. The number of nitrogens with two attached hydrogens (primary N) is 1. The number of fused-ring (bicyclic) bond motifs is 1. The van der Waals surface area contributed by atoms with Crippen LogP contribution in [0.15, 0.2) is 30.6 Å². The zero-order chi connectivity index (χ0) is 21.6. The molecule has 0 bridgehead atoms. The Morgan fingerprint density at radius 1 is 1.23 bits per heavy atom. The standard InChI is InChI=1S/C23H28ClN5OS/c1-15-20-19(13-31-15)26-14-27-21(20)28-8-10-29(11-9-28)22(30)18(23(25)6-7-23)12-16-2-4-17(24)5-3-16/h2-5,14-15,18H,6-13,25H2,1H3/t15-,18?/m0/s1. The van der Waals surface area contributed by atoms with Crippen molar-refractivity contribution >= 4 is 35.1 Å². The molecule has 1 unspecified atom stereocenters. The fraction of sp³-hybridized carbons (Fsp3) is 0.522. The van der Waals surface area contributed by atoms with Gasteiger partial charge in [-0.2, -0.15) is 0 Å². The highest BCUT2D eigenvalue weighted by Gasteiger charge is 2.50. The highest BCUT2D eigenvalue weighted by atomic mass is 35.5. The van der Waals surface area contributed by atoms with Crippen molar-refractivity contribution in [1.29, 1.82) is 0 Å². The van der Waals surface area contributed by atoms with Crippen LogP contribution in [0, 0.1) is 5.92 Å². The van der Waals surface area contributed by atoms with Gasteiger partial charge in [0, 0.05) is 53.3 Å². The van der Waals surface area contributed by atoms with Gasteiger partial charge in [0.25, 0.3) is 0 Å². The Kier molecular flexibility index (Phi) is 5.61. The highest BCUT2D eigenvalue weighted by Crippen LogP contribution is 2.45. The first-order valence-electron chi connectivity index (χ1n) is 11.0. The monoisotopic (exact) mass is 457 g/mol. The Morgan fingerprint density at radius 2 is 1.94 bits per heavy atom. The topological polar surface area (TPSA) is 75.4 Å². The van der Waals surface area contributed by atoms with Gasteiger partial charge in [0.15, 0.2) is 0 Å². The number of carbonyl (C=O) groups excluding carboxylic acids is 1. The molecule has 1 amide bonds. The third-order valence-corrected chi connectivity index (χ3v) is 8.31. The molecule has 1 saturated heterocycles. The van der Waals surface area contributed by atoms with Crippen molar-refractivity contribution in [3.05, 3.63) is 52.4 Å². The average Bonchev–Trinajstić information content (AvgIpc) is 3.43. The minimum atomic E-state index is -0.367. The summed E-state index contributed by atoms with van der Waals surface area (Å²) in [5.41, 5.74) is 9.74. The molecule has 2 aliphatic heterocycles. The third kappa shape index (κ3) is 4.15. The second-order valence-electron chi connectivity index (χ2n) is 8.94. The average molecular weight is 458 g/mol. The summed E-state index contributed by atoms with van der Waals surface area (Å²) < 4.78 is 0. The SMILES string of the molecule is C[C@@H]1SCc2ncnc(N3CCN(C(=O)C(Cc4ccc(Cl)cc4)C4(N)CC4)CC3)c21. The van der Waals surface area contributed by atoms with Crippen molar-refractivity contribution in [2.24, 2.45) is 11.7 Å². The number of rotatable bonds is 5. The fourth-order valence-corrected chi connectivity index (χ4v) is 5.91. The second kappa shape index (κ2) is 8.26. The van der Waals surface area contributed by atoms with Crippen molar-refractivity contribution in [1.82, 2.24) is 14.9 Å². The highest BCUT2D eigenvalue weighted by molar-refractivity contribution is 7.99. The number of benzene rings is 1. The van der Waals surface area contributed by atoms with Crippen molar-refractivity contribution in [3.63, 3.8) is 0 Å². The van der Waals surface area contributed by atoms with Gasteiger partial charge < -0.3 is 15.5 Å². The molecule has 8 heteroatoms. The van der Waals surface area contributed by atoms with Gasteiger partial charge in [0.2, 0.25) is 5.91 Å². The number of hydrogen-bond acceptors (Lipinski definition) is 6. The van der Waals surface area contributed by atoms with Gasteiger partial charge in [-0.05, 0) is 43.9 Å². The number of halogens is 1. The van der Waals surface area contributed by atoms with Crippen LogP contribution in [0.2, 0.25) is 5.02 Å². The summed E-state index contributed by atoms with van der Waals surface area (Å²) in [5.74, 6) is 2.01. The zero-order valence-electron chi connectivity index (χ0n) is 17.8. The number of carbonyl (C=O) groups is 1. The van der Waals surface area contributed by atoms with Gasteiger partial charge in [-0.25, -0.2) is 9.97 Å². The third-order valence-electron chi connectivity index (χ3n) is 6.89. The summed E-state index contributed by atoms with van der Waals surface area (Å²) in [6.07, 6.45) is 4.18.